The van der Waals surface area contributed by atoms with Crippen LogP contribution in [-0.4, -0.2) is 25.9 Å². The molecule has 8 nitrogen and oxygen atoms in total. The molecule has 1 aromatic carbocycles. The van der Waals surface area contributed by atoms with Gasteiger partial charge in [-0.05, 0) is 43.3 Å². The molecule has 0 bridgehead atoms. The van der Waals surface area contributed by atoms with E-state index >= 15 is 0 Å². The average molecular weight is 403 g/mol. The number of hydrogen-bond donors (Lipinski definition) is 0. The molecule has 4 rings (SSSR count). The molecule has 0 unspecified atom stereocenters. The second kappa shape index (κ2) is 7.28. The van der Waals surface area contributed by atoms with Gasteiger partial charge in [0.25, 0.3) is 11.8 Å². The number of aromatic nitrogens is 4. The first kappa shape index (κ1) is 17.9. The van der Waals surface area contributed by atoms with E-state index in [0.717, 1.165) is 0 Å². The Labute approximate surface area is 162 Å². The molecule has 3 aromatic heterocycles. The predicted octanol–water partition coefficient (Wildman–Crippen LogP) is 3.97. The third kappa shape index (κ3) is 3.39. The smallest absolute Gasteiger partial charge is 0.343 e. The predicted molar refractivity (Wildman–Crippen MR) is 94.4 cm³/mol. The fraction of sp³-hybridized carbons (Fsp3) is 0.111. The molecule has 0 radical (unpaired) electrons. The number of halogens is 2. The van der Waals surface area contributed by atoms with Crippen molar-refractivity contribution in [1.82, 2.24) is 20.0 Å². The van der Waals surface area contributed by atoms with Crippen molar-refractivity contribution in [3.63, 3.8) is 0 Å². The van der Waals surface area contributed by atoms with Gasteiger partial charge in [0.2, 0.25) is 0 Å². The number of hydrogen-bond acceptors (Lipinski definition) is 7. The highest BCUT2D eigenvalue weighted by atomic mass is 35.5. The Morgan fingerprint density at radius 2 is 2.04 bits per heavy atom. The van der Waals surface area contributed by atoms with Crippen LogP contribution in [0.1, 0.15) is 21.9 Å². The fourth-order valence-electron chi connectivity index (χ4n) is 2.50. The van der Waals surface area contributed by atoms with Gasteiger partial charge in [0, 0.05) is 0 Å². The van der Waals surface area contributed by atoms with Crippen molar-refractivity contribution in [2.45, 2.75) is 13.5 Å². The molecule has 0 N–H and O–H groups in total. The maximum atomic E-state index is 13.1. The third-order valence-electron chi connectivity index (χ3n) is 3.80. The lowest BCUT2D eigenvalue weighted by molar-refractivity contribution is 0.0438. The minimum atomic E-state index is -0.700. The lowest BCUT2D eigenvalue weighted by Gasteiger charge is -2.04. The number of carbonyl (C=O) groups is 1. The molecule has 0 saturated carbocycles. The van der Waals surface area contributed by atoms with Gasteiger partial charge in [-0.25, -0.2) is 13.9 Å². The van der Waals surface area contributed by atoms with Crippen molar-refractivity contribution >= 4 is 17.6 Å². The SMILES string of the molecule is Cc1nn(-c2ccc(F)cc2)c(Cl)c1C(=O)OCc1nnc(-c2ccco2)o1. The topological polar surface area (TPSA) is 96.2 Å². The van der Waals surface area contributed by atoms with Crippen LogP contribution in [0.4, 0.5) is 4.39 Å². The summed E-state index contributed by atoms with van der Waals surface area (Å²) in [7, 11) is 0. The van der Waals surface area contributed by atoms with E-state index in [1.165, 1.54) is 35.2 Å². The van der Waals surface area contributed by atoms with Crippen LogP contribution >= 0.6 is 11.6 Å². The number of nitrogens with zero attached hydrogens (tertiary/aromatic N) is 4. The molecule has 0 aliphatic carbocycles. The van der Waals surface area contributed by atoms with Crippen molar-refractivity contribution in [1.29, 1.82) is 0 Å². The van der Waals surface area contributed by atoms with Gasteiger partial charge in [0.1, 0.15) is 16.5 Å². The zero-order valence-corrected chi connectivity index (χ0v) is 15.2. The standard InChI is InChI=1S/C18H12ClFN4O4/c1-10-15(16(19)24(23-10)12-6-4-11(20)5-7-12)18(25)27-9-14-21-22-17(28-14)13-3-2-8-26-13/h2-8H,9H2,1H3. The lowest BCUT2D eigenvalue weighted by Crippen LogP contribution is -2.07. The molecule has 0 aliphatic rings. The first-order chi connectivity index (χ1) is 13.5. The largest absolute Gasteiger partial charge is 0.459 e. The van der Waals surface area contributed by atoms with Crippen molar-refractivity contribution in [2.75, 3.05) is 0 Å². The van der Waals surface area contributed by atoms with E-state index in [1.807, 2.05) is 0 Å². The van der Waals surface area contributed by atoms with E-state index in [4.69, 9.17) is 25.2 Å². The number of aryl methyl sites for hydroxylation is 1. The lowest BCUT2D eigenvalue weighted by atomic mass is 10.2. The summed E-state index contributed by atoms with van der Waals surface area (Å²) < 4.78 is 30.2. The summed E-state index contributed by atoms with van der Waals surface area (Å²) >= 11 is 6.29. The van der Waals surface area contributed by atoms with Crippen LogP contribution in [0, 0.1) is 12.7 Å². The zero-order valence-electron chi connectivity index (χ0n) is 14.4. The highest BCUT2D eigenvalue weighted by Gasteiger charge is 2.23. The Bertz CT molecular complexity index is 1120. The monoisotopic (exact) mass is 402 g/mol. The van der Waals surface area contributed by atoms with E-state index in [0.29, 0.717) is 17.1 Å². The molecule has 3 heterocycles. The molecule has 0 fully saturated rings. The minimum Gasteiger partial charge on any atom is -0.459 e. The van der Waals surface area contributed by atoms with E-state index < -0.39 is 11.8 Å². The van der Waals surface area contributed by atoms with Gasteiger partial charge in [0.15, 0.2) is 12.4 Å². The molecule has 0 spiro atoms. The van der Waals surface area contributed by atoms with Crippen LogP contribution in [0.25, 0.3) is 17.3 Å². The second-order valence-corrected chi connectivity index (χ2v) is 6.05. The number of furan rings is 1. The van der Waals surface area contributed by atoms with E-state index in [1.54, 1.807) is 19.1 Å². The molecule has 4 aromatic rings. The number of ether oxygens (including phenoxy) is 1. The fourth-order valence-corrected chi connectivity index (χ4v) is 2.84. The normalized spacial score (nSPS) is 11.0. The summed E-state index contributed by atoms with van der Waals surface area (Å²) in [5.74, 6) is -0.413. The van der Waals surface area contributed by atoms with Crippen LogP contribution in [0.15, 0.2) is 51.5 Å². The highest BCUT2D eigenvalue weighted by molar-refractivity contribution is 6.33. The van der Waals surface area contributed by atoms with Gasteiger partial charge in [0.05, 0.1) is 17.6 Å². The Kier molecular flexibility index (Phi) is 4.66. The number of benzene rings is 1. The quantitative estimate of drug-likeness (QED) is 0.466. The van der Waals surface area contributed by atoms with Gasteiger partial charge in [-0.2, -0.15) is 5.10 Å². The van der Waals surface area contributed by atoms with Crippen molar-refractivity contribution in [2.24, 2.45) is 0 Å². The molecular formula is C18H12ClFN4O4. The van der Waals surface area contributed by atoms with Gasteiger partial charge in [-0.1, -0.05) is 11.6 Å². The number of esters is 1. The minimum absolute atomic E-state index is 0.0518. The van der Waals surface area contributed by atoms with Gasteiger partial charge < -0.3 is 13.6 Å². The molecule has 28 heavy (non-hydrogen) atoms. The first-order valence-corrected chi connectivity index (χ1v) is 8.45. The maximum Gasteiger partial charge on any atom is 0.343 e. The average Bonchev–Trinajstić information content (AvgIpc) is 3.41. The Hall–Kier alpha value is -3.46. The summed E-state index contributed by atoms with van der Waals surface area (Å²) in [6, 6.07) is 8.88. The third-order valence-corrected chi connectivity index (χ3v) is 4.15. The van der Waals surface area contributed by atoms with E-state index in [9.17, 15) is 9.18 Å². The Morgan fingerprint density at radius 3 is 2.75 bits per heavy atom. The summed E-state index contributed by atoms with van der Waals surface area (Å²) in [6.45, 7) is 1.37. The van der Waals surface area contributed by atoms with E-state index in [-0.39, 0.29) is 29.1 Å². The summed E-state index contributed by atoms with van der Waals surface area (Å²) in [5.41, 5.74) is 0.964. The summed E-state index contributed by atoms with van der Waals surface area (Å²) in [5, 5.41) is 11.9. The van der Waals surface area contributed by atoms with Crippen molar-refractivity contribution in [3.8, 4) is 17.3 Å². The van der Waals surface area contributed by atoms with E-state index in [2.05, 4.69) is 15.3 Å². The zero-order chi connectivity index (χ0) is 19.7. The molecule has 0 amide bonds. The number of carbonyl (C=O) groups excluding carboxylic acids is 1. The van der Waals surface area contributed by atoms with Crippen LogP contribution in [0.5, 0.6) is 0 Å². The molecule has 0 saturated heterocycles. The first-order valence-electron chi connectivity index (χ1n) is 8.07. The molecule has 0 aliphatic heterocycles. The van der Waals surface area contributed by atoms with Gasteiger partial charge in [-0.15, -0.1) is 10.2 Å². The molecule has 10 heteroatoms. The second-order valence-electron chi connectivity index (χ2n) is 5.69. The maximum absolute atomic E-state index is 13.1. The summed E-state index contributed by atoms with van der Waals surface area (Å²) in [4.78, 5) is 12.5. The van der Waals surface area contributed by atoms with Crippen molar-refractivity contribution in [3.05, 3.63) is 70.8 Å². The molecule has 142 valence electrons. The van der Waals surface area contributed by atoms with Crippen LogP contribution < -0.4 is 0 Å². The summed E-state index contributed by atoms with van der Waals surface area (Å²) in [6.07, 6.45) is 1.47. The van der Waals surface area contributed by atoms with Crippen LogP contribution in [0.3, 0.4) is 0 Å². The Morgan fingerprint density at radius 1 is 1.25 bits per heavy atom. The van der Waals surface area contributed by atoms with Gasteiger partial charge >= 0.3 is 5.97 Å². The number of rotatable bonds is 5. The molecular weight excluding hydrogens is 391 g/mol. The van der Waals surface area contributed by atoms with Gasteiger partial charge in [-0.3, -0.25) is 0 Å². The Balaban J connectivity index is 1.50. The van der Waals surface area contributed by atoms with Crippen molar-refractivity contribution < 1.29 is 22.8 Å². The van der Waals surface area contributed by atoms with Crippen LogP contribution in [0.2, 0.25) is 5.15 Å². The highest BCUT2D eigenvalue weighted by Crippen LogP contribution is 2.25. The molecule has 0 atom stereocenters. The van der Waals surface area contributed by atoms with Crippen LogP contribution in [-0.2, 0) is 11.3 Å².